The van der Waals surface area contributed by atoms with Crippen LogP contribution in [0.2, 0.25) is 0 Å². The third-order valence-electron chi connectivity index (χ3n) is 5.08. The SMILES string of the molecule is CC(C)c1ccc(Nc2ccc(NC(C)(C)C(C)(C)C)cc2)cc1. The summed E-state index contributed by atoms with van der Waals surface area (Å²) in [5.74, 6) is 0.565. The molecule has 0 spiro atoms. The van der Waals surface area contributed by atoms with Crippen LogP contribution in [0.1, 0.15) is 59.9 Å². The Labute approximate surface area is 147 Å². The van der Waals surface area contributed by atoms with Gasteiger partial charge in [-0.1, -0.05) is 46.8 Å². The summed E-state index contributed by atoms with van der Waals surface area (Å²) in [5.41, 5.74) is 4.94. The van der Waals surface area contributed by atoms with Gasteiger partial charge in [-0.2, -0.15) is 0 Å². The first kappa shape index (κ1) is 18.4. The van der Waals surface area contributed by atoms with E-state index in [0.717, 1.165) is 17.1 Å². The largest absolute Gasteiger partial charge is 0.380 e. The number of hydrogen-bond acceptors (Lipinski definition) is 2. The van der Waals surface area contributed by atoms with Gasteiger partial charge in [0.15, 0.2) is 0 Å². The van der Waals surface area contributed by atoms with E-state index in [1.807, 2.05) is 0 Å². The van der Waals surface area contributed by atoms with Crippen LogP contribution in [0, 0.1) is 5.41 Å². The summed E-state index contributed by atoms with van der Waals surface area (Å²) in [6.07, 6.45) is 0. The van der Waals surface area contributed by atoms with Gasteiger partial charge in [-0.05, 0) is 67.1 Å². The van der Waals surface area contributed by atoms with Gasteiger partial charge in [0, 0.05) is 22.6 Å². The predicted molar refractivity (Wildman–Crippen MR) is 107 cm³/mol. The average Bonchev–Trinajstić information content (AvgIpc) is 2.48. The van der Waals surface area contributed by atoms with Crippen LogP contribution in [0.4, 0.5) is 17.1 Å². The molecule has 2 heteroatoms. The maximum Gasteiger partial charge on any atom is 0.0385 e. The molecule has 0 bridgehead atoms. The summed E-state index contributed by atoms with van der Waals surface area (Å²) >= 11 is 0. The van der Waals surface area contributed by atoms with Crippen molar-refractivity contribution in [3.63, 3.8) is 0 Å². The van der Waals surface area contributed by atoms with Gasteiger partial charge in [-0.15, -0.1) is 0 Å². The third kappa shape index (κ3) is 4.53. The van der Waals surface area contributed by atoms with Gasteiger partial charge in [-0.3, -0.25) is 0 Å². The van der Waals surface area contributed by atoms with Crippen molar-refractivity contribution in [2.45, 2.75) is 59.9 Å². The van der Waals surface area contributed by atoms with E-state index < -0.39 is 0 Å². The van der Waals surface area contributed by atoms with Gasteiger partial charge in [-0.25, -0.2) is 0 Å². The second kappa shape index (κ2) is 6.88. The lowest BCUT2D eigenvalue weighted by atomic mass is 9.76. The third-order valence-corrected chi connectivity index (χ3v) is 5.08. The van der Waals surface area contributed by atoms with E-state index in [0.29, 0.717) is 5.92 Å². The first-order valence-corrected chi connectivity index (χ1v) is 8.84. The van der Waals surface area contributed by atoms with Crippen LogP contribution in [0.15, 0.2) is 48.5 Å². The van der Waals surface area contributed by atoms with Gasteiger partial charge in [0.25, 0.3) is 0 Å². The van der Waals surface area contributed by atoms with E-state index in [1.165, 1.54) is 5.56 Å². The second-order valence-corrected chi connectivity index (χ2v) is 8.48. The lowest BCUT2D eigenvalue weighted by Gasteiger charge is -2.40. The highest BCUT2D eigenvalue weighted by atomic mass is 15.0. The summed E-state index contributed by atoms with van der Waals surface area (Å²) in [6.45, 7) is 15.7. The molecule has 24 heavy (non-hydrogen) atoms. The van der Waals surface area contributed by atoms with E-state index in [1.54, 1.807) is 0 Å². The van der Waals surface area contributed by atoms with Crippen molar-refractivity contribution in [2.24, 2.45) is 5.41 Å². The molecule has 0 aliphatic rings. The Kier molecular flexibility index (Phi) is 5.27. The van der Waals surface area contributed by atoms with Gasteiger partial charge in [0.2, 0.25) is 0 Å². The van der Waals surface area contributed by atoms with E-state index in [4.69, 9.17) is 0 Å². The van der Waals surface area contributed by atoms with Crippen molar-refractivity contribution in [3.8, 4) is 0 Å². The van der Waals surface area contributed by atoms with Gasteiger partial charge in [0.05, 0.1) is 0 Å². The van der Waals surface area contributed by atoms with Crippen molar-refractivity contribution in [1.29, 1.82) is 0 Å². The van der Waals surface area contributed by atoms with E-state index in [2.05, 4.69) is 108 Å². The number of rotatable bonds is 5. The number of anilines is 3. The molecule has 0 aliphatic heterocycles. The summed E-state index contributed by atoms with van der Waals surface area (Å²) < 4.78 is 0. The zero-order valence-corrected chi connectivity index (χ0v) is 16.2. The fourth-order valence-corrected chi connectivity index (χ4v) is 2.30. The molecule has 0 fully saturated rings. The van der Waals surface area contributed by atoms with Crippen molar-refractivity contribution in [2.75, 3.05) is 10.6 Å². The highest BCUT2D eigenvalue weighted by Crippen LogP contribution is 2.33. The molecule has 2 N–H and O–H groups in total. The lowest BCUT2D eigenvalue weighted by Crippen LogP contribution is -2.44. The summed E-state index contributed by atoms with van der Waals surface area (Å²) in [4.78, 5) is 0. The highest BCUT2D eigenvalue weighted by Gasteiger charge is 2.32. The topological polar surface area (TPSA) is 24.1 Å². The smallest absolute Gasteiger partial charge is 0.0385 e. The monoisotopic (exact) mass is 324 g/mol. The molecular formula is C22H32N2. The first-order chi connectivity index (χ1) is 11.1. The number of hydrogen-bond donors (Lipinski definition) is 2. The number of nitrogens with one attached hydrogen (secondary N) is 2. The van der Waals surface area contributed by atoms with E-state index >= 15 is 0 Å². The van der Waals surface area contributed by atoms with Crippen molar-refractivity contribution in [3.05, 3.63) is 54.1 Å². The predicted octanol–water partition coefficient (Wildman–Crippen LogP) is 6.79. The Morgan fingerprint density at radius 2 is 1.08 bits per heavy atom. The van der Waals surface area contributed by atoms with E-state index in [9.17, 15) is 0 Å². The molecule has 0 unspecified atom stereocenters. The highest BCUT2D eigenvalue weighted by molar-refractivity contribution is 5.63. The zero-order chi connectivity index (χ0) is 18.0. The van der Waals surface area contributed by atoms with Crippen LogP contribution in [0.5, 0.6) is 0 Å². The molecule has 2 rings (SSSR count). The van der Waals surface area contributed by atoms with Crippen LogP contribution in [-0.4, -0.2) is 5.54 Å². The van der Waals surface area contributed by atoms with Crippen molar-refractivity contribution < 1.29 is 0 Å². The summed E-state index contributed by atoms with van der Waals surface area (Å²) in [5, 5.41) is 7.10. The molecule has 0 amide bonds. The molecule has 0 aromatic heterocycles. The molecule has 2 aromatic rings. The Morgan fingerprint density at radius 3 is 1.50 bits per heavy atom. The molecule has 0 heterocycles. The Hall–Kier alpha value is -1.96. The second-order valence-electron chi connectivity index (χ2n) is 8.48. The van der Waals surface area contributed by atoms with E-state index in [-0.39, 0.29) is 11.0 Å². The van der Waals surface area contributed by atoms with Crippen LogP contribution in [-0.2, 0) is 0 Å². The molecule has 130 valence electrons. The Bertz CT molecular complexity index is 644. The standard InChI is InChI=1S/C22H32N2/c1-16(2)17-8-10-18(11-9-17)23-19-12-14-20(15-13-19)24-22(6,7)21(3,4)5/h8-16,23-24H,1-7H3. The maximum atomic E-state index is 3.64. The van der Waals surface area contributed by atoms with Crippen molar-refractivity contribution >= 4 is 17.1 Å². The number of benzene rings is 2. The normalized spacial score (nSPS) is 12.3. The molecule has 0 radical (unpaired) electrons. The maximum absolute atomic E-state index is 3.64. The van der Waals surface area contributed by atoms with Gasteiger partial charge in [0.1, 0.15) is 0 Å². The average molecular weight is 325 g/mol. The van der Waals surface area contributed by atoms with Gasteiger partial charge < -0.3 is 10.6 Å². The van der Waals surface area contributed by atoms with Crippen LogP contribution in [0.25, 0.3) is 0 Å². The molecule has 2 aromatic carbocycles. The summed E-state index contributed by atoms with van der Waals surface area (Å²) in [6, 6.07) is 17.2. The molecule has 0 aliphatic carbocycles. The minimum Gasteiger partial charge on any atom is -0.380 e. The lowest BCUT2D eigenvalue weighted by molar-refractivity contribution is 0.254. The minimum atomic E-state index is 0.0224. The fourth-order valence-electron chi connectivity index (χ4n) is 2.30. The van der Waals surface area contributed by atoms with Crippen LogP contribution in [0.3, 0.4) is 0 Å². The Morgan fingerprint density at radius 1 is 0.667 bits per heavy atom. The fraction of sp³-hybridized carbons (Fsp3) is 0.455. The first-order valence-electron chi connectivity index (χ1n) is 8.84. The zero-order valence-electron chi connectivity index (χ0n) is 16.2. The molecule has 0 saturated heterocycles. The van der Waals surface area contributed by atoms with Crippen molar-refractivity contribution in [1.82, 2.24) is 0 Å². The minimum absolute atomic E-state index is 0.0224. The molecule has 0 saturated carbocycles. The molecule has 2 nitrogen and oxygen atoms in total. The summed E-state index contributed by atoms with van der Waals surface area (Å²) in [7, 11) is 0. The molecule has 0 atom stereocenters. The Balaban J connectivity index is 2.04. The van der Waals surface area contributed by atoms with Crippen LogP contribution < -0.4 is 10.6 Å². The van der Waals surface area contributed by atoms with Crippen LogP contribution >= 0.6 is 0 Å². The quantitative estimate of drug-likeness (QED) is 0.632. The molecular weight excluding hydrogens is 292 g/mol. The van der Waals surface area contributed by atoms with Gasteiger partial charge >= 0.3 is 0 Å².